The number of nitrogens with zero attached hydrogens (tertiary/aromatic N) is 2. The molecular formula is C60H36N2. The summed E-state index contributed by atoms with van der Waals surface area (Å²) >= 11 is 0. The third kappa shape index (κ3) is 4.75. The van der Waals surface area contributed by atoms with E-state index in [0.29, 0.717) is 0 Å². The molecular weight excluding hydrogens is 749 g/mol. The highest BCUT2D eigenvalue weighted by molar-refractivity contribution is 6.26. The molecule has 0 unspecified atom stereocenters. The molecule has 0 N–H and O–H groups in total. The second-order valence-electron chi connectivity index (χ2n) is 16.9. The lowest BCUT2D eigenvalue weighted by molar-refractivity contribution is 1.37. The highest BCUT2D eigenvalue weighted by Crippen LogP contribution is 2.45. The lowest BCUT2D eigenvalue weighted by atomic mass is 9.94. The molecule has 2 heteroatoms. The molecule has 0 spiro atoms. The second-order valence-corrected chi connectivity index (χ2v) is 16.9. The van der Waals surface area contributed by atoms with Crippen LogP contribution in [-0.2, 0) is 0 Å². The predicted molar refractivity (Wildman–Crippen MR) is 263 cm³/mol. The summed E-state index contributed by atoms with van der Waals surface area (Å²) in [6.45, 7) is 0. The van der Waals surface area contributed by atoms with Gasteiger partial charge in [-0.25, -0.2) is 0 Å². The smallest absolute Gasteiger partial charge is 0.0620 e. The Bertz CT molecular complexity index is 4070. The maximum absolute atomic E-state index is 2.49. The van der Waals surface area contributed by atoms with Gasteiger partial charge in [-0.2, -0.15) is 0 Å². The van der Waals surface area contributed by atoms with Crippen LogP contribution in [0.5, 0.6) is 0 Å². The third-order valence-corrected chi connectivity index (χ3v) is 13.6. The molecule has 0 bridgehead atoms. The second kappa shape index (κ2) is 12.7. The van der Waals surface area contributed by atoms with Crippen molar-refractivity contribution < 1.29 is 0 Å². The summed E-state index contributed by atoms with van der Waals surface area (Å²) in [5, 5.41) is 10.4. The Morgan fingerprint density at radius 3 is 1.11 bits per heavy atom. The first-order valence-corrected chi connectivity index (χ1v) is 21.5. The molecule has 14 aromatic rings. The standard InChI is InChI=1S/C60H36N2/c1-2-11-37(12-3-1)38-23-25-39(26-24-38)40-13-8-14-41(31-40)42-15-9-16-43(32-42)44-27-29-58-52(33-44)54-36-46(35-53-48-18-5-7-22-56(48)62(58)60(53)54)45-28-30-57-51(34-45)50-20-10-19-49-47-17-4-6-21-55(47)61(57)59(49)50/h1-36H. The number of hydrogen-bond acceptors (Lipinski definition) is 0. The fraction of sp³-hybridized carbons (Fsp3) is 0. The topological polar surface area (TPSA) is 8.82 Å². The van der Waals surface area contributed by atoms with E-state index < -0.39 is 0 Å². The van der Waals surface area contributed by atoms with Gasteiger partial charge in [-0.1, -0.05) is 158 Å². The SMILES string of the molecule is c1ccc(-c2ccc(-c3cccc(-c4cccc(-c5ccc6c(c5)c5cc(-c7ccc8c(c7)c7cccc9c%10ccccc%10n8c97)cc7c8ccccc8n6c75)c4)c3)cc2)cc1. The highest BCUT2D eigenvalue weighted by Gasteiger charge is 2.21. The van der Waals surface area contributed by atoms with Crippen LogP contribution < -0.4 is 0 Å². The average molecular weight is 785 g/mol. The molecule has 0 fully saturated rings. The van der Waals surface area contributed by atoms with Gasteiger partial charge < -0.3 is 8.80 Å². The first-order chi connectivity index (χ1) is 30.7. The summed E-state index contributed by atoms with van der Waals surface area (Å²) < 4.78 is 4.95. The number of fused-ring (bicyclic) bond motifs is 12. The Morgan fingerprint density at radius 1 is 0.177 bits per heavy atom. The van der Waals surface area contributed by atoms with E-state index in [-0.39, 0.29) is 0 Å². The van der Waals surface area contributed by atoms with Crippen molar-refractivity contribution in [2.24, 2.45) is 0 Å². The van der Waals surface area contributed by atoms with Gasteiger partial charge in [-0.3, -0.25) is 0 Å². The van der Waals surface area contributed by atoms with Crippen molar-refractivity contribution in [2.75, 3.05) is 0 Å². The van der Waals surface area contributed by atoms with Gasteiger partial charge in [0.15, 0.2) is 0 Å². The Balaban J connectivity index is 0.897. The van der Waals surface area contributed by atoms with Crippen LogP contribution in [0.4, 0.5) is 0 Å². The van der Waals surface area contributed by atoms with Gasteiger partial charge >= 0.3 is 0 Å². The van der Waals surface area contributed by atoms with E-state index in [1.165, 1.54) is 132 Å². The Labute approximate surface area is 357 Å². The summed E-state index contributed by atoms with van der Waals surface area (Å²) in [5.74, 6) is 0. The first-order valence-electron chi connectivity index (χ1n) is 21.5. The summed E-state index contributed by atoms with van der Waals surface area (Å²) in [6, 6.07) is 80.9. The molecule has 0 aliphatic carbocycles. The van der Waals surface area contributed by atoms with Crippen molar-refractivity contribution in [1.29, 1.82) is 0 Å². The van der Waals surface area contributed by atoms with Gasteiger partial charge in [0.05, 0.1) is 33.1 Å². The maximum atomic E-state index is 2.49. The van der Waals surface area contributed by atoms with E-state index in [0.717, 1.165) is 0 Å². The van der Waals surface area contributed by atoms with Crippen LogP contribution in [-0.4, -0.2) is 8.80 Å². The molecule has 4 heterocycles. The Kier molecular flexibility index (Phi) is 6.86. The molecule has 286 valence electrons. The summed E-state index contributed by atoms with van der Waals surface area (Å²) in [7, 11) is 0. The zero-order chi connectivity index (χ0) is 40.5. The zero-order valence-corrected chi connectivity index (χ0v) is 33.7. The van der Waals surface area contributed by atoms with Gasteiger partial charge in [0.1, 0.15) is 0 Å². The zero-order valence-electron chi connectivity index (χ0n) is 33.7. The molecule has 2 nitrogen and oxygen atoms in total. The minimum absolute atomic E-state index is 1.21. The summed E-state index contributed by atoms with van der Waals surface area (Å²) in [6.07, 6.45) is 0. The van der Waals surface area contributed by atoms with Crippen molar-refractivity contribution in [2.45, 2.75) is 0 Å². The minimum atomic E-state index is 1.21. The molecule has 0 saturated heterocycles. The molecule has 0 aliphatic rings. The molecule has 0 atom stereocenters. The lowest BCUT2D eigenvalue weighted by Gasteiger charge is -2.10. The van der Waals surface area contributed by atoms with Gasteiger partial charge in [0.25, 0.3) is 0 Å². The molecule has 0 amide bonds. The van der Waals surface area contributed by atoms with Crippen LogP contribution in [0, 0.1) is 0 Å². The van der Waals surface area contributed by atoms with Crippen molar-refractivity contribution in [1.82, 2.24) is 8.80 Å². The van der Waals surface area contributed by atoms with Crippen molar-refractivity contribution in [3.63, 3.8) is 0 Å². The molecule has 10 aromatic carbocycles. The quantitative estimate of drug-likeness (QED) is 0.164. The van der Waals surface area contributed by atoms with Crippen LogP contribution in [0.2, 0.25) is 0 Å². The molecule has 0 saturated carbocycles. The Morgan fingerprint density at radius 2 is 0.500 bits per heavy atom. The molecule has 0 aliphatic heterocycles. The van der Waals surface area contributed by atoms with Gasteiger partial charge in [-0.05, 0) is 116 Å². The predicted octanol–water partition coefficient (Wildman–Crippen LogP) is 16.3. The summed E-state index contributed by atoms with van der Waals surface area (Å²) in [5.41, 5.74) is 19.8. The molecule has 4 aromatic heterocycles. The van der Waals surface area contributed by atoms with Crippen LogP contribution in [0.3, 0.4) is 0 Å². The van der Waals surface area contributed by atoms with E-state index in [2.05, 4.69) is 227 Å². The molecule has 62 heavy (non-hydrogen) atoms. The molecule has 14 rings (SSSR count). The summed E-state index contributed by atoms with van der Waals surface area (Å²) in [4.78, 5) is 0. The number of aromatic nitrogens is 2. The normalized spacial score (nSPS) is 12.2. The number of hydrogen-bond donors (Lipinski definition) is 0. The van der Waals surface area contributed by atoms with Gasteiger partial charge in [0, 0.05) is 43.1 Å². The van der Waals surface area contributed by atoms with E-state index in [1.54, 1.807) is 0 Å². The van der Waals surface area contributed by atoms with E-state index in [9.17, 15) is 0 Å². The third-order valence-electron chi connectivity index (χ3n) is 13.6. The van der Waals surface area contributed by atoms with Gasteiger partial charge in [-0.15, -0.1) is 0 Å². The van der Waals surface area contributed by atoms with Crippen molar-refractivity contribution in [3.05, 3.63) is 218 Å². The highest BCUT2D eigenvalue weighted by atomic mass is 14.9. The fourth-order valence-corrected chi connectivity index (χ4v) is 10.7. The van der Waals surface area contributed by atoms with Gasteiger partial charge in [0.2, 0.25) is 0 Å². The van der Waals surface area contributed by atoms with Crippen LogP contribution in [0.25, 0.3) is 132 Å². The van der Waals surface area contributed by atoms with E-state index >= 15 is 0 Å². The maximum Gasteiger partial charge on any atom is 0.0620 e. The number of para-hydroxylation sites is 3. The van der Waals surface area contributed by atoms with E-state index in [1.807, 2.05) is 0 Å². The first kappa shape index (κ1) is 33.6. The Hall–Kier alpha value is -8.20. The fourth-order valence-electron chi connectivity index (χ4n) is 10.7. The van der Waals surface area contributed by atoms with Crippen molar-refractivity contribution >= 4 is 76.2 Å². The van der Waals surface area contributed by atoms with E-state index in [4.69, 9.17) is 0 Å². The van der Waals surface area contributed by atoms with Crippen LogP contribution in [0.15, 0.2) is 218 Å². The van der Waals surface area contributed by atoms with Crippen molar-refractivity contribution in [3.8, 4) is 55.6 Å². The number of benzene rings is 10. The monoisotopic (exact) mass is 784 g/mol. The number of rotatable bonds is 5. The largest absolute Gasteiger partial charge is 0.308 e. The lowest BCUT2D eigenvalue weighted by Crippen LogP contribution is -1.85. The average Bonchev–Trinajstić information content (AvgIpc) is 4.08. The van der Waals surface area contributed by atoms with Crippen LogP contribution in [0.1, 0.15) is 0 Å². The minimum Gasteiger partial charge on any atom is -0.308 e. The molecule has 0 radical (unpaired) electrons. The van der Waals surface area contributed by atoms with Crippen LogP contribution >= 0.6 is 0 Å².